The molecule has 1 aromatic carbocycles. The second kappa shape index (κ2) is 6.62. The van der Waals surface area contributed by atoms with Crippen molar-refractivity contribution in [3.63, 3.8) is 0 Å². The van der Waals surface area contributed by atoms with E-state index in [2.05, 4.69) is 46.1 Å². The first-order valence-electron chi connectivity index (χ1n) is 7.19. The third-order valence-corrected chi connectivity index (χ3v) is 5.19. The molecule has 0 aliphatic carbocycles. The number of nitrogens with zero attached hydrogens (tertiary/aromatic N) is 4. The van der Waals surface area contributed by atoms with Crippen molar-refractivity contribution < 1.29 is 0 Å². The molecule has 3 rings (SSSR count). The Morgan fingerprint density at radius 3 is 2.68 bits per heavy atom. The molecule has 0 amide bonds. The van der Waals surface area contributed by atoms with Gasteiger partial charge in [-0.15, -0.1) is 21.5 Å². The van der Waals surface area contributed by atoms with Crippen molar-refractivity contribution in [2.75, 3.05) is 0 Å². The van der Waals surface area contributed by atoms with Gasteiger partial charge in [-0.2, -0.15) is 0 Å². The SMILES string of the molecule is Cc1nnc(SCc2csc(-c3ccccc3)n2)n1C(C)C. The summed E-state index contributed by atoms with van der Waals surface area (Å²) >= 11 is 3.38. The fourth-order valence-electron chi connectivity index (χ4n) is 2.27. The van der Waals surface area contributed by atoms with Gasteiger partial charge < -0.3 is 4.57 Å². The number of rotatable bonds is 5. The van der Waals surface area contributed by atoms with Crippen LogP contribution in [0.2, 0.25) is 0 Å². The summed E-state index contributed by atoms with van der Waals surface area (Å²) in [6, 6.07) is 10.7. The lowest BCUT2D eigenvalue weighted by Crippen LogP contribution is -2.04. The highest BCUT2D eigenvalue weighted by Gasteiger charge is 2.13. The minimum atomic E-state index is 0.368. The summed E-state index contributed by atoms with van der Waals surface area (Å²) in [5.74, 6) is 1.77. The molecule has 3 aromatic rings. The Morgan fingerprint density at radius 2 is 1.95 bits per heavy atom. The van der Waals surface area contributed by atoms with E-state index >= 15 is 0 Å². The van der Waals surface area contributed by atoms with Crippen molar-refractivity contribution in [2.45, 2.75) is 37.7 Å². The van der Waals surface area contributed by atoms with E-state index in [0.717, 1.165) is 27.4 Å². The van der Waals surface area contributed by atoms with Gasteiger partial charge in [-0.1, -0.05) is 42.1 Å². The molecule has 0 unspecified atom stereocenters. The number of aryl methyl sites for hydroxylation is 1. The summed E-state index contributed by atoms with van der Waals surface area (Å²) in [5.41, 5.74) is 2.26. The molecule has 0 atom stereocenters. The first-order chi connectivity index (χ1) is 10.6. The average Bonchev–Trinajstić information content (AvgIpc) is 3.12. The van der Waals surface area contributed by atoms with Crippen molar-refractivity contribution >= 4 is 23.1 Å². The van der Waals surface area contributed by atoms with Crippen LogP contribution >= 0.6 is 23.1 Å². The average molecular weight is 330 g/mol. The van der Waals surface area contributed by atoms with Crippen LogP contribution in [0.3, 0.4) is 0 Å². The quantitative estimate of drug-likeness (QED) is 0.642. The number of hydrogen-bond acceptors (Lipinski definition) is 5. The third kappa shape index (κ3) is 3.23. The molecule has 0 aliphatic rings. The van der Waals surface area contributed by atoms with Crippen LogP contribution in [-0.4, -0.2) is 19.7 Å². The summed E-state index contributed by atoms with van der Waals surface area (Å²) in [4.78, 5) is 4.72. The number of hydrogen-bond donors (Lipinski definition) is 0. The van der Waals surface area contributed by atoms with E-state index < -0.39 is 0 Å². The van der Waals surface area contributed by atoms with Crippen LogP contribution in [0.25, 0.3) is 10.6 Å². The maximum absolute atomic E-state index is 4.72. The highest BCUT2D eigenvalue weighted by molar-refractivity contribution is 7.98. The van der Waals surface area contributed by atoms with Crippen LogP contribution in [-0.2, 0) is 5.75 Å². The van der Waals surface area contributed by atoms with Crippen LogP contribution in [0.4, 0.5) is 0 Å². The zero-order valence-corrected chi connectivity index (χ0v) is 14.5. The van der Waals surface area contributed by atoms with E-state index in [4.69, 9.17) is 4.98 Å². The standard InChI is InChI=1S/C16H18N4S2/c1-11(2)20-12(3)18-19-16(20)22-10-14-9-21-15(17-14)13-7-5-4-6-8-13/h4-9,11H,10H2,1-3H3. The van der Waals surface area contributed by atoms with E-state index in [1.807, 2.05) is 25.1 Å². The van der Waals surface area contributed by atoms with Gasteiger partial charge in [0.25, 0.3) is 0 Å². The Balaban J connectivity index is 1.72. The molecule has 4 nitrogen and oxygen atoms in total. The maximum atomic E-state index is 4.72. The van der Waals surface area contributed by atoms with E-state index in [1.165, 1.54) is 5.56 Å². The molecule has 0 saturated heterocycles. The van der Waals surface area contributed by atoms with Crippen molar-refractivity contribution in [2.24, 2.45) is 0 Å². The lowest BCUT2D eigenvalue weighted by atomic mass is 10.2. The lowest BCUT2D eigenvalue weighted by Gasteiger charge is -2.11. The van der Waals surface area contributed by atoms with Gasteiger partial charge in [0.2, 0.25) is 0 Å². The molecule has 0 radical (unpaired) electrons. The monoisotopic (exact) mass is 330 g/mol. The highest BCUT2D eigenvalue weighted by Crippen LogP contribution is 2.28. The Morgan fingerprint density at radius 1 is 1.18 bits per heavy atom. The van der Waals surface area contributed by atoms with Gasteiger partial charge in [-0.05, 0) is 20.8 Å². The first kappa shape index (κ1) is 15.2. The van der Waals surface area contributed by atoms with Gasteiger partial charge >= 0.3 is 0 Å². The minimum absolute atomic E-state index is 0.368. The molecule has 0 spiro atoms. The normalized spacial score (nSPS) is 11.3. The summed E-state index contributed by atoms with van der Waals surface area (Å²) in [6.07, 6.45) is 0. The molecule has 114 valence electrons. The molecule has 0 fully saturated rings. The van der Waals surface area contributed by atoms with Crippen molar-refractivity contribution in [1.82, 2.24) is 19.7 Å². The maximum Gasteiger partial charge on any atom is 0.191 e. The van der Waals surface area contributed by atoms with E-state index in [0.29, 0.717) is 6.04 Å². The Bertz CT molecular complexity index is 747. The van der Waals surface area contributed by atoms with Gasteiger partial charge in [0.15, 0.2) is 5.16 Å². The zero-order chi connectivity index (χ0) is 15.5. The molecule has 22 heavy (non-hydrogen) atoms. The first-order valence-corrected chi connectivity index (χ1v) is 9.06. The van der Waals surface area contributed by atoms with Gasteiger partial charge in [-0.3, -0.25) is 0 Å². The smallest absolute Gasteiger partial charge is 0.191 e. The molecule has 2 heterocycles. The Kier molecular flexibility index (Phi) is 4.59. The molecule has 0 aliphatic heterocycles. The van der Waals surface area contributed by atoms with Crippen LogP contribution in [0.5, 0.6) is 0 Å². The molecular weight excluding hydrogens is 312 g/mol. The van der Waals surface area contributed by atoms with Gasteiger partial charge in [-0.25, -0.2) is 4.98 Å². The number of thiazole rings is 1. The van der Waals surface area contributed by atoms with Crippen LogP contribution in [0, 0.1) is 6.92 Å². The molecule has 0 saturated carbocycles. The minimum Gasteiger partial charge on any atom is -0.304 e. The number of benzene rings is 1. The van der Waals surface area contributed by atoms with Gasteiger partial charge in [0.1, 0.15) is 10.8 Å². The summed E-state index contributed by atoms with van der Waals surface area (Å²) in [7, 11) is 0. The molecule has 0 bridgehead atoms. The predicted molar refractivity (Wildman–Crippen MR) is 92.3 cm³/mol. The zero-order valence-electron chi connectivity index (χ0n) is 12.9. The molecule has 6 heteroatoms. The highest BCUT2D eigenvalue weighted by atomic mass is 32.2. The number of thioether (sulfide) groups is 1. The van der Waals surface area contributed by atoms with Crippen molar-refractivity contribution in [1.29, 1.82) is 0 Å². The summed E-state index contributed by atoms with van der Waals surface area (Å²) < 4.78 is 2.16. The fraction of sp³-hybridized carbons (Fsp3) is 0.312. The van der Waals surface area contributed by atoms with Gasteiger partial charge in [0.05, 0.1) is 5.69 Å². The predicted octanol–water partition coefficient (Wildman–Crippen LogP) is 4.58. The van der Waals surface area contributed by atoms with Gasteiger partial charge in [0, 0.05) is 22.7 Å². The lowest BCUT2D eigenvalue weighted by molar-refractivity contribution is 0.536. The molecule has 0 N–H and O–H groups in total. The second-order valence-electron chi connectivity index (χ2n) is 5.29. The topological polar surface area (TPSA) is 43.6 Å². The molecule has 2 aromatic heterocycles. The van der Waals surface area contributed by atoms with Crippen LogP contribution in [0.1, 0.15) is 31.4 Å². The largest absolute Gasteiger partial charge is 0.304 e. The summed E-state index contributed by atoms with van der Waals surface area (Å²) in [5, 5.41) is 12.6. The molecular formula is C16H18N4S2. The van der Waals surface area contributed by atoms with Crippen LogP contribution < -0.4 is 0 Å². The second-order valence-corrected chi connectivity index (χ2v) is 7.09. The van der Waals surface area contributed by atoms with Crippen molar-refractivity contribution in [3.05, 3.63) is 47.2 Å². The van der Waals surface area contributed by atoms with Crippen molar-refractivity contribution in [3.8, 4) is 10.6 Å². The van der Waals surface area contributed by atoms with Crippen LogP contribution in [0.15, 0.2) is 40.9 Å². The Hall–Kier alpha value is -1.66. The number of aromatic nitrogens is 4. The van der Waals surface area contributed by atoms with E-state index in [-0.39, 0.29) is 0 Å². The Labute approximate surface area is 138 Å². The fourth-order valence-corrected chi connectivity index (χ4v) is 4.20. The summed E-state index contributed by atoms with van der Waals surface area (Å²) in [6.45, 7) is 6.29. The third-order valence-electron chi connectivity index (χ3n) is 3.27. The van der Waals surface area contributed by atoms with E-state index in [1.54, 1.807) is 23.1 Å². The van der Waals surface area contributed by atoms with E-state index in [9.17, 15) is 0 Å².